The van der Waals surface area contributed by atoms with Crippen LogP contribution in [0.15, 0.2) is 11.1 Å². The van der Waals surface area contributed by atoms with Crippen LogP contribution in [-0.2, 0) is 13.6 Å². The third kappa shape index (κ3) is 4.46. The zero-order chi connectivity index (χ0) is 14.1. The van der Waals surface area contributed by atoms with Crippen molar-refractivity contribution in [3.05, 3.63) is 11.8 Å². The number of alkyl halides is 3. The van der Waals surface area contributed by atoms with E-state index in [2.05, 4.69) is 5.10 Å². The highest BCUT2D eigenvalue weighted by Gasteiger charge is 2.29. The highest BCUT2D eigenvalue weighted by Crippen LogP contribution is 2.38. The van der Waals surface area contributed by atoms with Crippen molar-refractivity contribution in [2.75, 3.05) is 13.6 Å². The van der Waals surface area contributed by atoms with E-state index in [1.54, 1.807) is 0 Å². The number of nitrogens with two attached hydrogens (primary N) is 1. The minimum Gasteiger partial charge on any atom is -0.292 e. The number of nitrogens with zero attached hydrogens (tertiary/aromatic N) is 3. The van der Waals surface area contributed by atoms with Gasteiger partial charge in [0.1, 0.15) is 0 Å². The van der Waals surface area contributed by atoms with Crippen LogP contribution in [0.1, 0.15) is 5.69 Å². The SMILES string of the molecule is CN(Cc1cc(S(N)(O)O)nn1C)CC(F)(F)F. The lowest BCUT2D eigenvalue weighted by molar-refractivity contribution is -0.144. The molecule has 0 saturated carbocycles. The number of aryl methyl sites for hydroxylation is 1. The summed E-state index contributed by atoms with van der Waals surface area (Å²) < 4.78 is 56.1. The first-order chi connectivity index (χ1) is 7.99. The van der Waals surface area contributed by atoms with Crippen molar-refractivity contribution in [1.29, 1.82) is 0 Å². The molecule has 0 radical (unpaired) electrons. The summed E-state index contributed by atoms with van der Waals surface area (Å²) in [5.74, 6) is 0. The number of halogens is 3. The van der Waals surface area contributed by atoms with Crippen molar-refractivity contribution in [3.63, 3.8) is 0 Å². The number of rotatable bonds is 4. The molecule has 6 nitrogen and oxygen atoms in total. The van der Waals surface area contributed by atoms with E-state index in [1.807, 2.05) is 0 Å². The predicted molar refractivity (Wildman–Crippen MR) is 60.9 cm³/mol. The zero-order valence-corrected chi connectivity index (χ0v) is 10.7. The van der Waals surface area contributed by atoms with Crippen molar-refractivity contribution < 1.29 is 22.3 Å². The summed E-state index contributed by atoms with van der Waals surface area (Å²) in [6.45, 7) is -1.09. The Balaban J connectivity index is 2.77. The molecule has 0 spiro atoms. The molecule has 0 atom stereocenters. The number of hydrogen-bond acceptors (Lipinski definition) is 5. The van der Waals surface area contributed by atoms with E-state index >= 15 is 0 Å². The zero-order valence-electron chi connectivity index (χ0n) is 9.85. The van der Waals surface area contributed by atoms with Gasteiger partial charge in [0.05, 0.1) is 12.2 Å². The molecule has 18 heavy (non-hydrogen) atoms. The maximum absolute atomic E-state index is 12.1. The molecular weight excluding hydrogens is 273 g/mol. The molecule has 106 valence electrons. The van der Waals surface area contributed by atoms with Crippen LogP contribution < -0.4 is 5.14 Å². The van der Waals surface area contributed by atoms with E-state index in [9.17, 15) is 22.3 Å². The van der Waals surface area contributed by atoms with E-state index in [4.69, 9.17) is 5.14 Å². The molecule has 0 bridgehead atoms. The van der Waals surface area contributed by atoms with Crippen molar-refractivity contribution in [2.45, 2.75) is 17.7 Å². The maximum Gasteiger partial charge on any atom is 0.401 e. The van der Waals surface area contributed by atoms with Gasteiger partial charge in [-0.2, -0.15) is 18.3 Å². The fourth-order valence-electron chi connectivity index (χ4n) is 1.41. The molecule has 0 aliphatic carbocycles. The summed E-state index contributed by atoms with van der Waals surface area (Å²) in [7, 11) is -0.650. The molecule has 0 aromatic carbocycles. The van der Waals surface area contributed by atoms with E-state index in [0.717, 1.165) is 4.90 Å². The Hall–Kier alpha value is -0.810. The van der Waals surface area contributed by atoms with Gasteiger partial charge in [0.2, 0.25) is 0 Å². The Morgan fingerprint density at radius 3 is 2.44 bits per heavy atom. The van der Waals surface area contributed by atoms with Gasteiger partial charge in [0.25, 0.3) is 0 Å². The van der Waals surface area contributed by atoms with Gasteiger partial charge < -0.3 is 0 Å². The first-order valence-corrected chi connectivity index (χ1v) is 6.44. The molecule has 0 unspecified atom stereocenters. The summed E-state index contributed by atoms with van der Waals surface area (Å²) in [6.07, 6.45) is -4.28. The molecule has 1 aromatic rings. The van der Waals surface area contributed by atoms with Crippen molar-refractivity contribution in [2.24, 2.45) is 12.2 Å². The molecule has 0 aliphatic heterocycles. The number of hydrogen-bond donors (Lipinski definition) is 3. The molecular formula is C8H15F3N4O2S. The van der Waals surface area contributed by atoms with Crippen molar-refractivity contribution in [1.82, 2.24) is 14.7 Å². The maximum atomic E-state index is 12.1. The Morgan fingerprint density at radius 1 is 1.50 bits per heavy atom. The Morgan fingerprint density at radius 2 is 2.06 bits per heavy atom. The molecule has 10 heteroatoms. The van der Waals surface area contributed by atoms with Crippen LogP contribution in [0, 0.1) is 0 Å². The summed E-state index contributed by atoms with van der Waals surface area (Å²) in [6, 6.07) is 1.28. The highest BCUT2D eigenvalue weighted by atomic mass is 32.3. The lowest BCUT2D eigenvalue weighted by atomic mass is 10.4. The molecule has 1 heterocycles. The first kappa shape index (κ1) is 15.2. The molecule has 1 aromatic heterocycles. The quantitative estimate of drug-likeness (QED) is 0.779. The third-order valence-corrected chi connectivity index (χ3v) is 2.96. The lowest BCUT2D eigenvalue weighted by Gasteiger charge is -2.22. The Kier molecular flexibility index (Phi) is 4.28. The molecule has 4 N–H and O–H groups in total. The van der Waals surface area contributed by atoms with E-state index in [0.29, 0.717) is 5.69 Å². The van der Waals surface area contributed by atoms with Gasteiger partial charge in [-0.3, -0.25) is 18.7 Å². The fraction of sp³-hybridized carbons (Fsp3) is 0.625. The molecule has 0 aliphatic rings. The molecule has 0 saturated heterocycles. The fourth-order valence-corrected chi connectivity index (χ4v) is 1.96. The van der Waals surface area contributed by atoms with Crippen LogP contribution in [0.25, 0.3) is 0 Å². The van der Waals surface area contributed by atoms with E-state index < -0.39 is 23.5 Å². The molecule has 1 rings (SSSR count). The summed E-state index contributed by atoms with van der Waals surface area (Å²) in [5.41, 5.74) is 0.405. The monoisotopic (exact) mass is 288 g/mol. The third-order valence-electron chi connectivity index (χ3n) is 2.14. The topological polar surface area (TPSA) is 87.5 Å². The van der Waals surface area contributed by atoms with Crippen molar-refractivity contribution in [3.8, 4) is 0 Å². The molecule has 0 fully saturated rings. The van der Waals surface area contributed by atoms with Gasteiger partial charge in [-0.15, -0.1) is 0 Å². The van der Waals surface area contributed by atoms with Gasteiger partial charge in [-0.25, -0.2) is 5.14 Å². The van der Waals surface area contributed by atoms with Crippen LogP contribution in [0.3, 0.4) is 0 Å². The van der Waals surface area contributed by atoms with Crippen LogP contribution in [0.5, 0.6) is 0 Å². The second-order valence-corrected chi connectivity index (χ2v) is 5.58. The minimum absolute atomic E-state index is 0.0292. The summed E-state index contributed by atoms with van der Waals surface area (Å²) in [5, 5.41) is 8.71. The van der Waals surface area contributed by atoms with Crippen LogP contribution in [-0.4, -0.2) is 43.6 Å². The van der Waals surface area contributed by atoms with Gasteiger partial charge in [0, 0.05) is 19.7 Å². The standard InChI is InChI=1S/C8H15F3N4O2S/c1-14(5-8(9,10)11)4-6-3-7(13-15(6)2)18(12,16)17/h3,16-17H,4-5,12H2,1-2H3. The van der Waals surface area contributed by atoms with E-state index in [-0.39, 0.29) is 11.6 Å². The average Bonchev–Trinajstić information content (AvgIpc) is 2.43. The second kappa shape index (κ2) is 5.05. The summed E-state index contributed by atoms with van der Waals surface area (Å²) >= 11 is 0. The van der Waals surface area contributed by atoms with Crippen LogP contribution in [0.4, 0.5) is 13.2 Å². The van der Waals surface area contributed by atoms with Gasteiger partial charge >= 0.3 is 6.18 Å². The largest absolute Gasteiger partial charge is 0.401 e. The van der Waals surface area contributed by atoms with Crippen LogP contribution >= 0.6 is 10.8 Å². The highest BCUT2D eigenvalue weighted by molar-refractivity contribution is 8.22. The normalized spacial score (nSPS) is 14.3. The van der Waals surface area contributed by atoms with Crippen LogP contribution in [0.2, 0.25) is 0 Å². The average molecular weight is 288 g/mol. The minimum atomic E-state index is -4.28. The van der Waals surface area contributed by atoms with E-state index in [1.165, 1.54) is 24.8 Å². The van der Waals surface area contributed by atoms with Gasteiger partial charge in [-0.1, -0.05) is 10.8 Å². The predicted octanol–water partition coefficient (Wildman–Crippen LogP) is 1.40. The molecule has 0 amide bonds. The smallest absolute Gasteiger partial charge is 0.292 e. The Bertz CT molecular complexity index is 415. The van der Waals surface area contributed by atoms with Gasteiger partial charge in [-0.05, 0) is 7.05 Å². The first-order valence-electron chi connectivity index (χ1n) is 4.83. The number of aromatic nitrogens is 2. The Labute approximate surface area is 104 Å². The second-order valence-electron chi connectivity index (χ2n) is 3.98. The lowest BCUT2D eigenvalue weighted by Crippen LogP contribution is -2.31. The summed E-state index contributed by atoms with van der Waals surface area (Å²) in [4.78, 5) is 1.04. The van der Waals surface area contributed by atoms with Crippen molar-refractivity contribution >= 4 is 10.8 Å². The van der Waals surface area contributed by atoms with Gasteiger partial charge in [0.15, 0.2) is 5.03 Å².